The molecule has 1 fully saturated rings. The van der Waals surface area contributed by atoms with Crippen molar-refractivity contribution in [3.8, 4) is 0 Å². The van der Waals surface area contributed by atoms with Gasteiger partial charge in [0.25, 0.3) is 0 Å². The van der Waals surface area contributed by atoms with Gasteiger partial charge < -0.3 is 15.8 Å². The van der Waals surface area contributed by atoms with Crippen molar-refractivity contribution in [3.63, 3.8) is 0 Å². The molecular weight excluding hydrogens is 278 g/mol. The largest absolute Gasteiger partial charge is 0.399 e. The van der Waals surface area contributed by atoms with Crippen LogP contribution in [-0.4, -0.2) is 43.2 Å². The number of amides is 1. The minimum Gasteiger partial charge on any atom is -0.399 e. The molecule has 1 aliphatic heterocycles. The number of nitrogens with one attached hydrogen (secondary N) is 1. The number of hydrogen-bond donors (Lipinski definition) is 2. The lowest BCUT2D eigenvalue weighted by molar-refractivity contribution is -0.117. The molecule has 0 aromatic heterocycles. The molecule has 0 spiro atoms. The maximum atomic E-state index is 11.9. The first kappa shape index (κ1) is 15.1. The lowest BCUT2D eigenvalue weighted by Gasteiger charge is -2.30. The third-order valence-electron chi connectivity index (χ3n) is 3.25. The fraction of sp³-hybridized carbons (Fsp3) is 0.500. The summed E-state index contributed by atoms with van der Waals surface area (Å²) < 4.78 is 5.47. The molecule has 1 atom stereocenters. The zero-order valence-electron chi connectivity index (χ0n) is 11.6. The van der Waals surface area contributed by atoms with Crippen molar-refractivity contribution in [1.29, 1.82) is 0 Å². The maximum Gasteiger partial charge on any atom is 0.225 e. The monoisotopic (exact) mass is 297 g/mol. The van der Waals surface area contributed by atoms with Gasteiger partial charge >= 0.3 is 0 Å². The van der Waals surface area contributed by atoms with Crippen molar-refractivity contribution < 1.29 is 9.53 Å². The van der Waals surface area contributed by atoms with E-state index in [4.69, 9.17) is 22.1 Å². The molecular formula is C14H20ClN3O2. The number of halogens is 1. The highest BCUT2D eigenvalue weighted by atomic mass is 35.5. The van der Waals surface area contributed by atoms with Gasteiger partial charge in [0.15, 0.2) is 0 Å². The van der Waals surface area contributed by atoms with Gasteiger partial charge in [0.1, 0.15) is 0 Å². The predicted octanol–water partition coefficient (Wildman–Crippen LogP) is 1.97. The highest BCUT2D eigenvalue weighted by Crippen LogP contribution is 2.24. The highest BCUT2D eigenvalue weighted by molar-refractivity contribution is 6.34. The normalized spacial score (nSPS) is 19.8. The number of ether oxygens (including phenoxy) is 1. The summed E-state index contributed by atoms with van der Waals surface area (Å²) in [7, 11) is 0. The van der Waals surface area contributed by atoms with Crippen LogP contribution in [0.5, 0.6) is 0 Å². The molecule has 1 amide bonds. The van der Waals surface area contributed by atoms with E-state index in [0.29, 0.717) is 22.8 Å². The number of carbonyl (C=O) groups is 1. The van der Waals surface area contributed by atoms with Crippen molar-refractivity contribution >= 4 is 28.9 Å². The Labute approximate surface area is 124 Å². The van der Waals surface area contributed by atoms with Crippen molar-refractivity contribution in [2.45, 2.75) is 19.4 Å². The lowest BCUT2D eigenvalue weighted by atomic mass is 10.2. The Morgan fingerprint density at radius 2 is 2.40 bits per heavy atom. The van der Waals surface area contributed by atoms with Crippen LogP contribution in [0.15, 0.2) is 18.2 Å². The molecule has 1 aliphatic rings. The van der Waals surface area contributed by atoms with E-state index in [9.17, 15) is 4.79 Å². The van der Waals surface area contributed by atoms with E-state index >= 15 is 0 Å². The Kier molecular flexibility index (Phi) is 5.23. The summed E-state index contributed by atoms with van der Waals surface area (Å²) in [5.41, 5.74) is 6.79. The van der Waals surface area contributed by atoms with Crippen LogP contribution in [0.1, 0.15) is 13.3 Å². The van der Waals surface area contributed by atoms with Crippen molar-refractivity contribution in [1.82, 2.24) is 4.90 Å². The van der Waals surface area contributed by atoms with E-state index in [1.165, 1.54) is 0 Å². The molecule has 0 aliphatic carbocycles. The fourth-order valence-electron chi connectivity index (χ4n) is 2.20. The van der Waals surface area contributed by atoms with Crippen LogP contribution in [-0.2, 0) is 9.53 Å². The van der Waals surface area contributed by atoms with Crippen LogP contribution in [0.25, 0.3) is 0 Å². The first-order chi connectivity index (χ1) is 9.54. The number of rotatable bonds is 4. The number of carbonyl (C=O) groups excluding carboxylic acids is 1. The van der Waals surface area contributed by atoms with Crippen LogP contribution < -0.4 is 11.1 Å². The molecule has 1 aromatic rings. The summed E-state index contributed by atoms with van der Waals surface area (Å²) in [6, 6.07) is 5.05. The molecule has 5 nitrogen and oxygen atoms in total. The molecule has 0 saturated carbocycles. The fourth-order valence-corrected chi connectivity index (χ4v) is 2.44. The second-order valence-electron chi connectivity index (χ2n) is 5.02. The smallest absolute Gasteiger partial charge is 0.225 e. The third-order valence-corrected chi connectivity index (χ3v) is 3.56. The standard InChI is InChI=1S/C14H20ClN3O2/c1-10-9-18(6-7-20-10)5-4-14(19)17-13-3-2-11(16)8-12(13)15/h2-3,8,10H,4-7,9,16H2,1H3,(H,17,19). The number of hydrogen-bond acceptors (Lipinski definition) is 4. The summed E-state index contributed by atoms with van der Waals surface area (Å²) >= 11 is 6.02. The van der Waals surface area contributed by atoms with Gasteiger partial charge in [-0.3, -0.25) is 9.69 Å². The molecule has 1 unspecified atom stereocenters. The van der Waals surface area contributed by atoms with E-state index in [0.717, 1.165) is 26.2 Å². The van der Waals surface area contributed by atoms with Gasteiger partial charge in [0.2, 0.25) is 5.91 Å². The Bertz CT molecular complexity index is 481. The molecule has 6 heteroatoms. The van der Waals surface area contributed by atoms with Gasteiger partial charge in [0, 0.05) is 31.7 Å². The Morgan fingerprint density at radius 3 is 3.10 bits per heavy atom. The second kappa shape index (κ2) is 6.92. The SMILES string of the molecule is CC1CN(CCC(=O)Nc2ccc(N)cc2Cl)CCO1. The molecule has 0 bridgehead atoms. The topological polar surface area (TPSA) is 67.6 Å². The summed E-state index contributed by atoms with van der Waals surface area (Å²) in [6.07, 6.45) is 0.673. The molecule has 0 radical (unpaired) electrons. The van der Waals surface area contributed by atoms with Gasteiger partial charge in [-0.25, -0.2) is 0 Å². The van der Waals surface area contributed by atoms with Crippen molar-refractivity contribution in [2.75, 3.05) is 37.3 Å². The molecule has 110 valence electrons. The minimum absolute atomic E-state index is 0.0455. The minimum atomic E-state index is -0.0455. The first-order valence-corrected chi connectivity index (χ1v) is 7.11. The number of nitrogens with two attached hydrogens (primary N) is 1. The van der Waals surface area contributed by atoms with Gasteiger partial charge in [-0.15, -0.1) is 0 Å². The zero-order chi connectivity index (χ0) is 14.5. The summed E-state index contributed by atoms with van der Waals surface area (Å²) in [5.74, 6) is -0.0455. The number of morpholine rings is 1. The van der Waals surface area contributed by atoms with Crippen LogP contribution >= 0.6 is 11.6 Å². The van der Waals surface area contributed by atoms with Gasteiger partial charge in [0.05, 0.1) is 23.4 Å². The van der Waals surface area contributed by atoms with Crippen LogP contribution in [0.3, 0.4) is 0 Å². The van der Waals surface area contributed by atoms with Crippen LogP contribution in [0.2, 0.25) is 5.02 Å². The van der Waals surface area contributed by atoms with Gasteiger partial charge in [-0.1, -0.05) is 11.6 Å². The Hall–Kier alpha value is -1.30. The van der Waals surface area contributed by atoms with E-state index in [1.54, 1.807) is 18.2 Å². The second-order valence-corrected chi connectivity index (χ2v) is 5.43. The first-order valence-electron chi connectivity index (χ1n) is 6.73. The molecule has 1 heterocycles. The molecule has 1 saturated heterocycles. The van der Waals surface area contributed by atoms with Gasteiger partial charge in [-0.05, 0) is 25.1 Å². The maximum absolute atomic E-state index is 11.9. The predicted molar refractivity (Wildman–Crippen MR) is 81.0 cm³/mol. The average molecular weight is 298 g/mol. The summed E-state index contributed by atoms with van der Waals surface area (Å²) in [4.78, 5) is 14.1. The Balaban J connectivity index is 1.80. The van der Waals surface area contributed by atoms with E-state index in [-0.39, 0.29) is 12.0 Å². The Morgan fingerprint density at radius 1 is 1.60 bits per heavy atom. The number of nitrogens with zero attached hydrogens (tertiary/aromatic N) is 1. The van der Waals surface area contributed by atoms with Crippen LogP contribution in [0.4, 0.5) is 11.4 Å². The molecule has 20 heavy (non-hydrogen) atoms. The highest BCUT2D eigenvalue weighted by Gasteiger charge is 2.17. The summed E-state index contributed by atoms with van der Waals surface area (Å²) in [5, 5.41) is 3.26. The number of benzene rings is 1. The quantitative estimate of drug-likeness (QED) is 0.834. The average Bonchev–Trinajstić information content (AvgIpc) is 2.40. The van der Waals surface area contributed by atoms with Gasteiger partial charge in [-0.2, -0.15) is 0 Å². The molecule has 1 aromatic carbocycles. The zero-order valence-corrected chi connectivity index (χ0v) is 12.3. The van der Waals surface area contributed by atoms with E-state index in [1.807, 2.05) is 6.92 Å². The van der Waals surface area contributed by atoms with E-state index in [2.05, 4.69) is 10.2 Å². The summed E-state index contributed by atoms with van der Waals surface area (Å²) in [6.45, 7) is 5.25. The number of nitrogen functional groups attached to an aromatic ring is 1. The van der Waals surface area contributed by atoms with E-state index < -0.39 is 0 Å². The molecule has 2 rings (SSSR count). The third kappa shape index (κ3) is 4.37. The number of anilines is 2. The van der Waals surface area contributed by atoms with Crippen LogP contribution in [0, 0.1) is 0 Å². The lowest BCUT2D eigenvalue weighted by Crippen LogP contribution is -2.42. The molecule has 3 N–H and O–H groups in total. The van der Waals surface area contributed by atoms with Crippen molar-refractivity contribution in [2.24, 2.45) is 0 Å². The van der Waals surface area contributed by atoms with Crippen molar-refractivity contribution in [3.05, 3.63) is 23.2 Å².